The highest BCUT2D eigenvalue weighted by Gasteiger charge is 2.27. The summed E-state index contributed by atoms with van der Waals surface area (Å²) in [4.78, 5) is 34.4. The Morgan fingerprint density at radius 3 is 2.50 bits per heavy atom. The number of imide groups is 1. The van der Waals surface area contributed by atoms with E-state index in [1.807, 2.05) is 0 Å². The molecule has 0 atom stereocenters. The predicted octanol–water partition coefficient (Wildman–Crippen LogP) is 2.91. The number of nitriles is 1. The largest absolute Gasteiger partial charge is 0.465 e. The van der Waals surface area contributed by atoms with Gasteiger partial charge in [-0.2, -0.15) is 15.5 Å². The number of nitrogens with zero attached hydrogens (tertiary/aromatic N) is 5. The molecule has 3 aromatic rings. The number of anilines is 1. The zero-order valence-electron chi connectivity index (χ0n) is 16.0. The van der Waals surface area contributed by atoms with Crippen molar-refractivity contribution in [3.63, 3.8) is 0 Å². The third kappa shape index (κ3) is 4.01. The minimum atomic E-state index is -1.62. The van der Waals surface area contributed by atoms with Crippen molar-refractivity contribution in [2.45, 2.75) is 18.9 Å². The van der Waals surface area contributed by atoms with Crippen molar-refractivity contribution in [1.82, 2.24) is 19.7 Å². The summed E-state index contributed by atoms with van der Waals surface area (Å²) in [6.07, 6.45) is 1.83. The van der Waals surface area contributed by atoms with Crippen LogP contribution in [0.4, 0.5) is 10.5 Å². The van der Waals surface area contributed by atoms with Gasteiger partial charge in [-0.1, -0.05) is 23.2 Å². The Hall–Kier alpha value is -3.88. The number of hydrogen-bond donors (Lipinski definition) is 3. The molecule has 1 aliphatic carbocycles. The standard InChI is InChI=1S/C19H13Cl2N7O4/c20-11-5-9(25-26-13(7-22)18(30)24-19(31)32)6-12(21)17(11)28-14-3-4-16(29)27(10-1-2-10)15(14)8-23-28/h3-6,8,10,25H,1-2H2,(H,24,30)(H,31,32)/b26-13-. The van der Waals surface area contributed by atoms with Gasteiger partial charge in [0, 0.05) is 12.1 Å². The van der Waals surface area contributed by atoms with E-state index < -0.39 is 17.7 Å². The molecular weight excluding hydrogens is 461 g/mol. The van der Waals surface area contributed by atoms with E-state index in [0.717, 1.165) is 12.8 Å². The average Bonchev–Trinajstić information content (AvgIpc) is 3.47. The van der Waals surface area contributed by atoms with Gasteiger partial charge < -0.3 is 9.67 Å². The number of halogens is 2. The molecular formula is C19H13Cl2N7O4. The number of nitrogens with one attached hydrogen (secondary N) is 2. The third-order valence-electron chi connectivity index (χ3n) is 4.65. The van der Waals surface area contributed by atoms with Crippen LogP contribution < -0.4 is 16.3 Å². The molecule has 1 saturated carbocycles. The minimum Gasteiger partial charge on any atom is -0.465 e. The summed E-state index contributed by atoms with van der Waals surface area (Å²) >= 11 is 12.9. The van der Waals surface area contributed by atoms with Gasteiger partial charge in [-0.25, -0.2) is 9.48 Å². The second kappa shape index (κ2) is 8.33. The number of carbonyl (C=O) groups is 2. The molecule has 0 spiro atoms. The van der Waals surface area contributed by atoms with Crippen LogP contribution in [0, 0.1) is 11.3 Å². The first-order valence-corrected chi connectivity index (χ1v) is 9.92. The zero-order chi connectivity index (χ0) is 23.0. The van der Waals surface area contributed by atoms with Gasteiger partial charge in [-0.05, 0) is 31.0 Å². The van der Waals surface area contributed by atoms with Gasteiger partial charge in [0.25, 0.3) is 11.5 Å². The van der Waals surface area contributed by atoms with Crippen LogP contribution in [0.1, 0.15) is 18.9 Å². The molecule has 0 aliphatic heterocycles. The Morgan fingerprint density at radius 1 is 1.22 bits per heavy atom. The smallest absolute Gasteiger partial charge is 0.411 e. The normalized spacial score (nSPS) is 13.6. The van der Waals surface area contributed by atoms with Crippen LogP contribution >= 0.6 is 23.2 Å². The Morgan fingerprint density at radius 2 is 1.91 bits per heavy atom. The summed E-state index contributed by atoms with van der Waals surface area (Å²) in [5.74, 6) is -1.19. The number of carboxylic acid groups (broad SMARTS) is 1. The Bertz CT molecular complexity index is 1380. The van der Waals surface area contributed by atoms with Crippen molar-refractivity contribution in [2.24, 2.45) is 5.10 Å². The Labute approximate surface area is 189 Å². The third-order valence-corrected chi connectivity index (χ3v) is 5.22. The summed E-state index contributed by atoms with van der Waals surface area (Å²) in [5.41, 5.74) is 3.56. The van der Waals surface area contributed by atoms with Gasteiger partial charge >= 0.3 is 6.09 Å². The summed E-state index contributed by atoms with van der Waals surface area (Å²) in [6.45, 7) is 0. The Kier molecular flexibility index (Phi) is 5.56. The zero-order valence-corrected chi connectivity index (χ0v) is 17.6. The van der Waals surface area contributed by atoms with Crippen LogP contribution in [0.5, 0.6) is 0 Å². The fraction of sp³-hybridized carbons (Fsp3) is 0.158. The van der Waals surface area contributed by atoms with Gasteiger partial charge in [0.2, 0.25) is 5.71 Å². The van der Waals surface area contributed by atoms with Crippen molar-refractivity contribution >= 4 is 57.6 Å². The molecule has 0 unspecified atom stereocenters. The summed E-state index contributed by atoms with van der Waals surface area (Å²) in [6, 6.07) is 7.65. The highest BCUT2D eigenvalue weighted by atomic mass is 35.5. The van der Waals surface area contributed by atoms with Crippen molar-refractivity contribution in [1.29, 1.82) is 5.26 Å². The first-order chi connectivity index (χ1) is 15.3. The number of hydrazone groups is 1. The molecule has 2 heterocycles. The predicted molar refractivity (Wildman–Crippen MR) is 116 cm³/mol. The molecule has 1 fully saturated rings. The number of carbonyl (C=O) groups excluding carboxylic acids is 1. The molecule has 2 aromatic heterocycles. The van der Waals surface area contributed by atoms with Crippen molar-refractivity contribution in [2.75, 3.05) is 5.43 Å². The second-order valence-corrected chi connectivity index (χ2v) is 7.65. The minimum absolute atomic E-state index is 0.102. The maximum absolute atomic E-state index is 12.3. The van der Waals surface area contributed by atoms with Crippen LogP contribution in [0.2, 0.25) is 10.0 Å². The maximum atomic E-state index is 12.3. The lowest BCUT2D eigenvalue weighted by Crippen LogP contribution is -2.34. The van der Waals surface area contributed by atoms with Crippen LogP contribution in [-0.2, 0) is 4.79 Å². The van der Waals surface area contributed by atoms with Crippen molar-refractivity contribution < 1.29 is 14.7 Å². The number of rotatable bonds is 5. The van der Waals surface area contributed by atoms with Crippen molar-refractivity contribution in [3.05, 3.63) is 50.9 Å². The molecule has 0 saturated heterocycles. The Balaban J connectivity index is 1.69. The average molecular weight is 474 g/mol. The SMILES string of the molecule is N#C/C(=N/Nc1cc(Cl)c(-n2ncc3c2ccc(=O)n3C2CC2)c(Cl)c1)C(=O)NC(=O)O. The van der Waals surface area contributed by atoms with Gasteiger partial charge in [0.1, 0.15) is 11.8 Å². The number of aromatic nitrogens is 3. The van der Waals surface area contributed by atoms with E-state index in [4.69, 9.17) is 33.6 Å². The fourth-order valence-electron chi connectivity index (χ4n) is 3.16. The van der Waals surface area contributed by atoms with Crippen LogP contribution in [-0.4, -0.2) is 37.2 Å². The second-order valence-electron chi connectivity index (χ2n) is 6.83. The molecule has 13 heteroatoms. The van der Waals surface area contributed by atoms with Crippen LogP contribution in [0.15, 0.2) is 40.4 Å². The molecule has 11 nitrogen and oxygen atoms in total. The molecule has 4 rings (SSSR count). The lowest BCUT2D eigenvalue weighted by atomic mass is 10.2. The van der Waals surface area contributed by atoms with Gasteiger partial charge in [-0.3, -0.25) is 20.3 Å². The van der Waals surface area contributed by atoms with E-state index in [9.17, 15) is 14.4 Å². The lowest BCUT2D eigenvalue weighted by molar-refractivity contribution is -0.114. The number of hydrogen-bond acceptors (Lipinski definition) is 7. The first kappa shape index (κ1) is 21.4. The molecule has 162 valence electrons. The van der Waals surface area contributed by atoms with E-state index in [0.29, 0.717) is 16.7 Å². The fourth-order valence-corrected chi connectivity index (χ4v) is 3.81. The van der Waals surface area contributed by atoms with E-state index in [1.54, 1.807) is 16.8 Å². The van der Waals surface area contributed by atoms with E-state index in [-0.39, 0.29) is 27.3 Å². The van der Waals surface area contributed by atoms with Crippen LogP contribution in [0.25, 0.3) is 16.7 Å². The topological polar surface area (TPSA) is 154 Å². The van der Waals surface area contributed by atoms with E-state index in [2.05, 4.69) is 15.6 Å². The number of benzene rings is 1. The molecule has 2 amide bonds. The highest BCUT2D eigenvalue weighted by molar-refractivity contribution is 6.46. The molecule has 0 bridgehead atoms. The summed E-state index contributed by atoms with van der Waals surface area (Å²) in [7, 11) is 0. The first-order valence-electron chi connectivity index (χ1n) is 9.17. The number of amides is 2. The monoisotopic (exact) mass is 473 g/mol. The van der Waals surface area contributed by atoms with Crippen molar-refractivity contribution in [3.8, 4) is 11.8 Å². The molecule has 1 aromatic carbocycles. The highest BCUT2D eigenvalue weighted by Crippen LogP contribution is 2.37. The van der Waals surface area contributed by atoms with E-state index >= 15 is 0 Å². The molecule has 0 radical (unpaired) electrons. The lowest BCUT2D eigenvalue weighted by Gasteiger charge is -2.12. The van der Waals surface area contributed by atoms with Gasteiger partial charge in [-0.15, -0.1) is 0 Å². The maximum Gasteiger partial charge on any atom is 0.411 e. The quantitative estimate of drug-likeness (QED) is 0.379. The van der Waals surface area contributed by atoms with Gasteiger partial charge in [0.05, 0.1) is 33.0 Å². The number of pyridine rings is 1. The summed E-state index contributed by atoms with van der Waals surface area (Å²) < 4.78 is 3.23. The van der Waals surface area contributed by atoms with E-state index in [1.165, 1.54) is 34.3 Å². The molecule has 1 aliphatic rings. The van der Waals surface area contributed by atoms with Crippen LogP contribution in [0.3, 0.4) is 0 Å². The van der Waals surface area contributed by atoms with Gasteiger partial charge in [0.15, 0.2) is 0 Å². The number of fused-ring (bicyclic) bond motifs is 1. The molecule has 3 N–H and O–H groups in total. The summed E-state index contributed by atoms with van der Waals surface area (Å²) in [5, 5.41) is 27.4. The molecule has 32 heavy (non-hydrogen) atoms.